The van der Waals surface area contributed by atoms with Crippen molar-refractivity contribution in [3.8, 4) is 0 Å². The molecule has 0 atom stereocenters. The van der Waals surface area contributed by atoms with E-state index in [1.54, 1.807) is 0 Å². The number of rotatable bonds is 3. The Bertz CT molecular complexity index is 643. The van der Waals surface area contributed by atoms with E-state index >= 15 is 0 Å². The van der Waals surface area contributed by atoms with Gasteiger partial charge in [-0.2, -0.15) is 0 Å². The number of nitrogens with zero attached hydrogens (tertiary/aromatic N) is 1. The number of amides is 1. The van der Waals surface area contributed by atoms with Gasteiger partial charge in [0.2, 0.25) is 5.91 Å². The van der Waals surface area contributed by atoms with Crippen LogP contribution in [0.3, 0.4) is 0 Å². The monoisotopic (exact) mass is 343 g/mol. The van der Waals surface area contributed by atoms with E-state index in [0.29, 0.717) is 6.54 Å². The molecule has 1 amide bonds. The maximum absolute atomic E-state index is 12.6. The summed E-state index contributed by atoms with van der Waals surface area (Å²) in [6, 6.07) is 16.4. The van der Waals surface area contributed by atoms with Gasteiger partial charge in [-0.25, -0.2) is 0 Å². The molecule has 3 heteroatoms. The van der Waals surface area contributed by atoms with Crippen molar-refractivity contribution in [3.05, 3.63) is 69.7 Å². The molecular formula is C18H18BrNO. The minimum absolute atomic E-state index is 0.0925. The van der Waals surface area contributed by atoms with Crippen molar-refractivity contribution in [1.29, 1.82) is 0 Å². The molecule has 0 aliphatic heterocycles. The standard InChI is InChI=1S/C18H18BrNO/c1-20(12-15-8-4-5-9-17(15)19)18(21)16-10-13-6-2-3-7-14(13)11-16/h2-9,16H,10-12H2,1H3. The number of carbonyl (C=O) groups excluding carboxylic acids is 1. The van der Waals surface area contributed by atoms with Crippen LogP contribution in [-0.4, -0.2) is 17.9 Å². The fourth-order valence-electron chi connectivity index (χ4n) is 3.01. The van der Waals surface area contributed by atoms with Crippen molar-refractivity contribution in [2.45, 2.75) is 19.4 Å². The normalized spacial score (nSPS) is 14.0. The molecule has 21 heavy (non-hydrogen) atoms. The summed E-state index contributed by atoms with van der Waals surface area (Å²) in [6.45, 7) is 0.646. The van der Waals surface area contributed by atoms with Crippen molar-refractivity contribution < 1.29 is 4.79 Å². The van der Waals surface area contributed by atoms with Gasteiger partial charge in [0.05, 0.1) is 0 Å². The lowest BCUT2D eigenvalue weighted by Crippen LogP contribution is -2.33. The Kier molecular flexibility index (Phi) is 4.11. The average molecular weight is 344 g/mol. The highest BCUT2D eigenvalue weighted by Gasteiger charge is 2.29. The molecule has 0 spiro atoms. The molecule has 0 N–H and O–H groups in total. The number of fused-ring (bicyclic) bond motifs is 1. The largest absolute Gasteiger partial charge is 0.341 e. The van der Waals surface area contributed by atoms with Crippen LogP contribution in [0.1, 0.15) is 16.7 Å². The second-order valence-electron chi connectivity index (χ2n) is 5.66. The summed E-state index contributed by atoms with van der Waals surface area (Å²) < 4.78 is 1.05. The highest BCUT2D eigenvalue weighted by molar-refractivity contribution is 9.10. The van der Waals surface area contributed by atoms with E-state index in [1.165, 1.54) is 11.1 Å². The third-order valence-electron chi connectivity index (χ3n) is 4.14. The van der Waals surface area contributed by atoms with Gasteiger partial charge in [0.1, 0.15) is 0 Å². The molecule has 0 unspecified atom stereocenters. The number of hydrogen-bond donors (Lipinski definition) is 0. The number of halogens is 1. The summed E-state index contributed by atoms with van der Waals surface area (Å²) in [7, 11) is 1.89. The Morgan fingerprint density at radius 2 is 1.67 bits per heavy atom. The quantitative estimate of drug-likeness (QED) is 0.829. The smallest absolute Gasteiger partial charge is 0.226 e. The van der Waals surface area contributed by atoms with E-state index in [1.807, 2.05) is 30.1 Å². The van der Waals surface area contributed by atoms with Gasteiger partial charge in [-0.05, 0) is 35.6 Å². The van der Waals surface area contributed by atoms with Crippen LogP contribution in [0.5, 0.6) is 0 Å². The summed E-state index contributed by atoms with van der Waals surface area (Å²) in [5.74, 6) is 0.330. The summed E-state index contributed by atoms with van der Waals surface area (Å²) in [5.41, 5.74) is 3.79. The van der Waals surface area contributed by atoms with Gasteiger partial charge in [-0.15, -0.1) is 0 Å². The topological polar surface area (TPSA) is 20.3 Å². The highest BCUT2D eigenvalue weighted by atomic mass is 79.9. The Morgan fingerprint density at radius 1 is 1.10 bits per heavy atom. The van der Waals surface area contributed by atoms with Crippen molar-refractivity contribution in [2.75, 3.05) is 7.05 Å². The van der Waals surface area contributed by atoms with Gasteiger partial charge in [0.25, 0.3) is 0 Å². The summed E-state index contributed by atoms with van der Waals surface area (Å²) >= 11 is 3.54. The summed E-state index contributed by atoms with van der Waals surface area (Å²) in [6.07, 6.45) is 1.74. The molecular weight excluding hydrogens is 326 g/mol. The SMILES string of the molecule is CN(Cc1ccccc1Br)C(=O)C1Cc2ccccc2C1. The first-order valence-electron chi connectivity index (χ1n) is 7.20. The van der Waals surface area contributed by atoms with E-state index in [4.69, 9.17) is 0 Å². The molecule has 1 aliphatic carbocycles. The molecule has 3 rings (SSSR count). The Labute approximate surface area is 133 Å². The third kappa shape index (κ3) is 3.03. The maximum Gasteiger partial charge on any atom is 0.226 e. The van der Waals surface area contributed by atoms with Gasteiger partial charge in [0, 0.05) is 24.0 Å². The number of benzene rings is 2. The Balaban J connectivity index is 1.68. The van der Waals surface area contributed by atoms with Crippen molar-refractivity contribution in [3.63, 3.8) is 0 Å². The molecule has 2 nitrogen and oxygen atoms in total. The van der Waals surface area contributed by atoms with Crippen LogP contribution >= 0.6 is 15.9 Å². The van der Waals surface area contributed by atoms with Crippen LogP contribution in [0.15, 0.2) is 53.0 Å². The molecule has 0 saturated carbocycles. The van der Waals surface area contributed by atoms with Crippen LogP contribution in [-0.2, 0) is 24.2 Å². The lowest BCUT2D eigenvalue weighted by molar-refractivity contribution is -0.134. The van der Waals surface area contributed by atoms with Crippen LogP contribution in [0.2, 0.25) is 0 Å². The van der Waals surface area contributed by atoms with Gasteiger partial charge < -0.3 is 4.90 Å². The third-order valence-corrected chi connectivity index (χ3v) is 4.92. The van der Waals surface area contributed by atoms with E-state index in [-0.39, 0.29) is 11.8 Å². The first kappa shape index (κ1) is 14.3. The average Bonchev–Trinajstić information content (AvgIpc) is 2.92. The van der Waals surface area contributed by atoms with Crippen LogP contribution in [0, 0.1) is 5.92 Å². The second kappa shape index (κ2) is 6.02. The minimum atomic E-state index is 0.0925. The van der Waals surface area contributed by atoms with Gasteiger partial charge >= 0.3 is 0 Å². The summed E-state index contributed by atoms with van der Waals surface area (Å²) in [4.78, 5) is 14.5. The lowest BCUT2D eigenvalue weighted by atomic mass is 10.0. The molecule has 108 valence electrons. The Hall–Kier alpha value is -1.61. The van der Waals surface area contributed by atoms with Crippen LogP contribution in [0.4, 0.5) is 0 Å². The van der Waals surface area contributed by atoms with Gasteiger partial charge in [-0.3, -0.25) is 4.79 Å². The molecule has 1 aliphatic rings. The maximum atomic E-state index is 12.6. The zero-order valence-electron chi connectivity index (χ0n) is 12.1. The molecule has 0 heterocycles. The molecule has 2 aromatic carbocycles. The minimum Gasteiger partial charge on any atom is -0.341 e. The first-order valence-corrected chi connectivity index (χ1v) is 7.99. The first-order chi connectivity index (χ1) is 10.1. The molecule has 0 bridgehead atoms. The molecule has 0 aromatic heterocycles. The number of carbonyl (C=O) groups is 1. The van der Waals surface area contributed by atoms with Crippen molar-refractivity contribution in [2.24, 2.45) is 5.92 Å². The van der Waals surface area contributed by atoms with Crippen LogP contribution < -0.4 is 0 Å². The van der Waals surface area contributed by atoms with E-state index < -0.39 is 0 Å². The van der Waals surface area contributed by atoms with Crippen LogP contribution in [0.25, 0.3) is 0 Å². The molecule has 0 saturated heterocycles. The van der Waals surface area contributed by atoms with E-state index in [9.17, 15) is 4.79 Å². The van der Waals surface area contributed by atoms with Gasteiger partial charge in [0.15, 0.2) is 0 Å². The van der Waals surface area contributed by atoms with Crippen molar-refractivity contribution >= 4 is 21.8 Å². The molecule has 0 radical (unpaired) electrons. The predicted octanol–water partition coefficient (Wildman–Crippen LogP) is 3.82. The van der Waals surface area contributed by atoms with E-state index in [2.05, 4.69) is 46.3 Å². The number of hydrogen-bond acceptors (Lipinski definition) is 1. The fourth-order valence-corrected chi connectivity index (χ4v) is 3.42. The second-order valence-corrected chi connectivity index (χ2v) is 6.51. The zero-order valence-corrected chi connectivity index (χ0v) is 13.6. The highest BCUT2D eigenvalue weighted by Crippen LogP contribution is 2.28. The summed E-state index contributed by atoms with van der Waals surface area (Å²) in [5, 5.41) is 0. The fraction of sp³-hybridized carbons (Fsp3) is 0.278. The Morgan fingerprint density at radius 3 is 2.29 bits per heavy atom. The predicted molar refractivity (Wildman–Crippen MR) is 88.0 cm³/mol. The zero-order chi connectivity index (χ0) is 14.8. The van der Waals surface area contributed by atoms with Gasteiger partial charge in [-0.1, -0.05) is 58.4 Å². The molecule has 2 aromatic rings. The molecule has 0 fully saturated rings. The van der Waals surface area contributed by atoms with Crippen molar-refractivity contribution in [1.82, 2.24) is 4.90 Å². The lowest BCUT2D eigenvalue weighted by Gasteiger charge is -2.21. The van der Waals surface area contributed by atoms with E-state index in [0.717, 1.165) is 22.9 Å².